The molecule has 2 heterocycles. The average Bonchev–Trinajstić information content (AvgIpc) is 2.98. The normalized spacial score (nSPS) is 15.2. The standard InChI is InChI=1S/C17H20FN5O3/c1-13-10-16(23(25)26)19-22(13)12-17(24)21-8-6-20(7-9-21)11-14-2-4-15(18)5-3-14/h2-5,10H,6-9,11-12H2,1H3. The number of halogens is 1. The van der Waals surface area contributed by atoms with Crippen LogP contribution in [0.1, 0.15) is 11.3 Å². The second kappa shape index (κ2) is 7.61. The highest BCUT2D eigenvalue weighted by Gasteiger charge is 2.24. The highest BCUT2D eigenvalue weighted by molar-refractivity contribution is 5.76. The number of carbonyl (C=O) groups is 1. The Hall–Kier alpha value is -2.81. The SMILES string of the molecule is Cc1cc([N+](=O)[O-])nn1CC(=O)N1CCN(Cc2ccc(F)cc2)CC1. The third-order valence-electron chi connectivity index (χ3n) is 4.48. The van der Waals surface area contributed by atoms with Crippen LogP contribution < -0.4 is 0 Å². The minimum absolute atomic E-state index is 0.00235. The lowest BCUT2D eigenvalue weighted by Gasteiger charge is -2.34. The van der Waals surface area contributed by atoms with Crippen LogP contribution in [0.25, 0.3) is 0 Å². The van der Waals surface area contributed by atoms with Gasteiger partial charge in [-0.25, -0.2) is 4.39 Å². The molecule has 0 unspecified atom stereocenters. The fraction of sp³-hybridized carbons (Fsp3) is 0.412. The molecule has 138 valence electrons. The number of hydrogen-bond donors (Lipinski definition) is 0. The summed E-state index contributed by atoms with van der Waals surface area (Å²) in [5, 5.41) is 14.6. The molecule has 26 heavy (non-hydrogen) atoms. The van der Waals surface area contributed by atoms with E-state index in [9.17, 15) is 19.3 Å². The first-order valence-corrected chi connectivity index (χ1v) is 8.36. The first kappa shape index (κ1) is 18.0. The maximum atomic E-state index is 13.0. The summed E-state index contributed by atoms with van der Waals surface area (Å²) in [5.41, 5.74) is 1.62. The molecule has 2 aromatic rings. The van der Waals surface area contributed by atoms with E-state index in [0.717, 1.165) is 18.7 Å². The van der Waals surface area contributed by atoms with Gasteiger partial charge in [-0.3, -0.25) is 9.69 Å². The molecule has 1 aromatic carbocycles. The Morgan fingerprint density at radius 1 is 1.23 bits per heavy atom. The van der Waals surface area contributed by atoms with Crippen LogP contribution in [0.5, 0.6) is 0 Å². The molecule has 3 rings (SSSR count). The molecule has 0 saturated carbocycles. The lowest BCUT2D eigenvalue weighted by Crippen LogP contribution is -2.49. The number of piperazine rings is 1. The third kappa shape index (κ3) is 4.23. The van der Waals surface area contributed by atoms with Gasteiger partial charge in [-0.05, 0) is 29.5 Å². The Morgan fingerprint density at radius 3 is 2.46 bits per heavy atom. The van der Waals surface area contributed by atoms with Crippen LogP contribution >= 0.6 is 0 Å². The van der Waals surface area contributed by atoms with Crippen molar-refractivity contribution in [1.29, 1.82) is 0 Å². The highest BCUT2D eigenvalue weighted by Crippen LogP contribution is 2.13. The van der Waals surface area contributed by atoms with Gasteiger partial charge in [0.2, 0.25) is 5.91 Å². The summed E-state index contributed by atoms with van der Waals surface area (Å²) in [5.74, 6) is -0.606. The second-order valence-corrected chi connectivity index (χ2v) is 6.34. The maximum absolute atomic E-state index is 13.0. The summed E-state index contributed by atoms with van der Waals surface area (Å²) in [6.45, 7) is 5.02. The summed E-state index contributed by atoms with van der Waals surface area (Å²) >= 11 is 0. The van der Waals surface area contributed by atoms with Crippen molar-refractivity contribution in [2.24, 2.45) is 0 Å². The van der Waals surface area contributed by atoms with E-state index in [1.54, 1.807) is 24.0 Å². The molecule has 0 N–H and O–H groups in total. The zero-order valence-corrected chi connectivity index (χ0v) is 14.5. The largest absolute Gasteiger partial charge is 0.390 e. The van der Waals surface area contributed by atoms with Gasteiger partial charge in [-0.15, -0.1) is 0 Å². The fourth-order valence-corrected chi connectivity index (χ4v) is 2.97. The molecular formula is C17H20FN5O3. The zero-order valence-electron chi connectivity index (χ0n) is 14.5. The van der Waals surface area contributed by atoms with Crippen molar-refractivity contribution >= 4 is 11.7 Å². The summed E-state index contributed by atoms with van der Waals surface area (Å²) in [6, 6.07) is 7.77. The number of aromatic nitrogens is 2. The molecule has 1 fully saturated rings. The number of rotatable bonds is 5. The van der Waals surface area contributed by atoms with Gasteiger partial charge in [0, 0.05) is 32.7 Å². The molecule has 1 amide bonds. The van der Waals surface area contributed by atoms with Gasteiger partial charge in [-0.1, -0.05) is 12.1 Å². The topological polar surface area (TPSA) is 84.5 Å². The zero-order chi connectivity index (χ0) is 18.7. The van der Waals surface area contributed by atoms with Crippen molar-refractivity contribution in [2.75, 3.05) is 26.2 Å². The van der Waals surface area contributed by atoms with E-state index in [4.69, 9.17) is 0 Å². The minimum atomic E-state index is -0.567. The smallest absolute Gasteiger partial charge is 0.358 e. The maximum Gasteiger partial charge on any atom is 0.390 e. The minimum Gasteiger partial charge on any atom is -0.358 e. The van der Waals surface area contributed by atoms with E-state index in [1.807, 2.05) is 0 Å². The number of benzene rings is 1. The van der Waals surface area contributed by atoms with Crippen molar-refractivity contribution in [1.82, 2.24) is 19.6 Å². The first-order valence-electron chi connectivity index (χ1n) is 8.36. The molecular weight excluding hydrogens is 341 g/mol. The number of nitrogens with zero attached hydrogens (tertiary/aromatic N) is 5. The molecule has 9 heteroatoms. The predicted molar refractivity (Wildman–Crippen MR) is 91.9 cm³/mol. The number of amides is 1. The van der Waals surface area contributed by atoms with Gasteiger partial charge >= 0.3 is 5.82 Å². The van der Waals surface area contributed by atoms with Gasteiger partial charge in [0.25, 0.3) is 0 Å². The fourth-order valence-electron chi connectivity index (χ4n) is 2.97. The van der Waals surface area contributed by atoms with E-state index >= 15 is 0 Å². The van der Waals surface area contributed by atoms with E-state index in [-0.39, 0.29) is 24.1 Å². The van der Waals surface area contributed by atoms with Crippen LogP contribution in [0.3, 0.4) is 0 Å². The number of nitro groups is 1. The van der Waals surface area contributed by atoms with Crippen molar-refractivity contribution < 1.29 is 14.1 Å². The molecule has 1 aliphatic heterocycles. The van der Waals surface area contributed by atoms with E-state index in [1.165, 1.54) is 22.9 Å². The summed E-state index contributed by atoms with van der Waals surface area (Å²) < 4.78 is 14.3. The van der Waals surface area contributed by atoms with Crippen molar-refractivity contribution in [3.8, 4) is 0 Å². The summed E-state index contributed by atoms with van der Waals surface area (Å²) in [7, 11) is 0. The number of carbonyl (C=O) groups excluding carboxylic acids is 1. The van der Waals surface area contributed by atoms with Crippen LogP contribution in [-0.2, 0) is 17.9 Å². The second-order valence-electron chi connectivity index (χ2n) is 6.34. The molecule has 8 nitrogen and oxygen atoms in total. The third-order valence-corrected chi connectivity index (χ3v) is 4.48. The first-order chi connectivity index (χ1) is 12.4. The Balaban J connectivity index is 1.52. The molecule has 1 aliphatic rings. The molecule has 0 atom stereocenters. The molecule has 0 spiro atoms. The summed E-state index contributed by atoms with van der Waals surface area (Å²) in [6.07, 6.45) is 0. The molecule has 0 bridgehead atoms. The highest BCUT2D eigenvalue weighted by atomic mass is 19.1. The van der Waals surface area contributed by atoms with Gasteiger partial charge < -0.3 is 15.0 Å². The molecule has 0 aliphatic carbocycles. The molecule has 0 radical (unpaired) electrons. The van der Waals surface area contributed by atoms with Gasteiger partial charge in [0.15, 0.2) is 0 Å². The quantitative estimate of drug-likeness (QED) is 0.596. The molecule has 1 aromatic heterocycles. The van der Waals surface area contributed by atoms with Crippen LogP contribution in [0, 0.1) is 22.9 Å². The Bertz CT molecular complexity index is 797. The van der Waals surface area contributed by atoms with Crippen molar-refractivity contribution in [3.63, 3.8) is 0 Å². The van der Waals surface area contributed by atoms with Gasteiger partial charge in [0.1, 0.15) is 12.4 Å². The number of hydrogen-bond acceptors (Lipinski definition) is 5. The van der Waals surface area contributed by atoms with E-state index < -0.39 is 4.92 Å². The predicted octanol–water partition coefficient (Wildman–Crippen LogP) is 1.58. The van der Waals surface area contributed by atoms with Crippen LogP contribution in [0.15, 0.2) is 30.3 Å². The molecule has 1 saturated heterocycles. The van der Waals surface area contributed by atoms with Crippen molar-refractivity contribution in [2.45, 2.75) is 20.0 Å². The average molecular weight is 361 g/mol. The van der Waals surface area contributed by atoms with E-state index in [0.29, 0.717) is 25.3 Å². The van der Waals surface area contributed by atoms with Crippen LogP contribution in [0.4, 0.5) is 10.2 Å². The van der Waals surface area contributed by atoms with E-state index in [2.05, 4.69) is 10.00 Å². The van der Waals surface area contributed by atoms with Gasteiger partial charge in [-0.2, -0.15) is 4.68 Å². The Labute approximate surface area is 150 Å². The Morgan fingerprint density at radius 2 is 1.88 bits per heavy atom. The van der Waals surface area contributed by atoms with Gasteiger partial charge in [0.05, 0.1) is 16.9 Å². The monoisotopic (exact) mass is 361 g/mol. The van der Waals surface area contributed by atoms with Crippen LogP contribution in [-0.4, -0.2) is 56.6 Å². The lowest BCUT2D eigenvalue weighted by molar-refractivity contribution is -0.389. The van der Waals surface area contributed by atoms with Crippen LogP contribution in [0.2, 0.25) is 0 Å². The lowest BCUT2D eigenvalue weighted by atomic mass is 10.2. The number of aryl methyl sites for hydroxylation is 1. The Kier molecular flexibility index (Phi) is 5.27. The van der Waals surface area contributed by atoms with Crippen molar-refractivity contribution in [3.05, 3.63) is 57.5 Å². The summed E-state index contributed by atoms with van der Waals surface area (Å²) in [4.78, 5) is 26.6.